The summed E-state index contributed by atoms with van der Waals surface area (Å²) in [5, 5.41) is 2.66. The molecule has 1 heterocycles. The van der Waals surface area contributed by atoms with E-state index < -0.39 is 17.4 Å². The van der Waals surface area contributed by atoms with E-state index in [-0.39, 0.29) is 5.91 Å². The highest BCUT2D eigenvalue weighted by Crippen LogP contribution is 2.17. The molecule has 0 bridgehead atoms. The number of unbranched alkanes of at least 4 members (excludes halogenated alkanes) is 5. The van der Waals surface area contributed by atoms with Gasteiger partial charge in [-0.3, -0.25) is 4.79 Å². The third kappa shape index (κ3) is 6.61. The number of thiol groups is 1. The molecule has 0 saturated carbocycles. The van der Waals surface area contributed by atoms with Gasteiger partial charge in [-0.1, -0.05) is 19.3 Å². The van der Waals surface area contributed by atoms with Crippen LogP contribution < -0.4 is 5.32 Å². The summed E-state index contributed by atoms with van der Waals surface area (Å²) < 4.78 is 4.84. The van der Waals surface area contributed by atoms with Gasteiger partial charge in [-0.25, -0.2) is 4.79 Å². The van der Waals surface area contributed by atoms with E-state index in [1.54, 1.807) is 0 Å². The predicted molar refractivity (Wildman–Crippen MR) is 73.8 cm³/mol. The van der Waals surface area contributed by atoms with Crippen molar-refractivity contribution in [3.63, 3.8) is 0 Å². The molecule has 0 spiro atoms. The molecule has 1 fully saturated rings. The summed E-state index contributed by atoms with van der Waals surface area (Å²) in [7, 11) is 0. The van der Waals surface area contributed by atoms with Crippen molar-refractivity contribution < 1.29 is 19.1 Å². The maximum Gasteiger partial charge on any atom is 0.329 e. The van der Waals surface area contributed by atoms with Gasteiger partial charge in [0, 0.05) is 19.3 Å². The maximum absolute atomic E-state index is 11.6. The van der Waals surface area contributed by atoms with Crippen molar-refractivity contribution in [3.8, 4) is 0 Å². The number of amides is 1. The first-order valence-electron chi connectivity index (χ1n) is 6.75. The van der Waals surface area contributed by atoms with E-state index >= 15 is 0 Å². The third-order valence-corrected chi connectivity index (χ3v) is 3.35. The van der Waals surface area contributed by atoms with Gasteiger partial charge in [0.05, 0.1) is 0 Å². The molecular weight excluding hydrogens is 266 g/mol. The molecule has 108 valence electrons. The van der Waals surface area contributed by atoms with E-state index in [0.717, 1.165) is 38.4 Å². The lowest BCUT2D eigenvalue weighted by Crippen LogP contribution is -2.37. The molecule has 1 saturated heterocycles. The fourth-order valence-corrected chi connectivity index (χ4v) is 2.30. The molecule has 1 aliphatic rings. The van der Waals surface area contributed by atoms with Gasteiger partial charge in [-0.2, -0.15) is 0 Å². The molecular formula is C13H21NO4S. The first-order chi connectivity index (χ1) is 9.13. The minimum Gasteiger partial charge on any atom is -0.450 e. The molecule has 19 heavy (non-hydrogen) atoms. The monoisotopic (exact) mass is 287 g/mol. The zero-order chi connectivity index (χ0) is 14.1. The quantitative estimate of drug-likeness (QED) is 0.292. The number of carbonyl (C=O) groups is 3. The van der Waals surface area contributed by atoms with Gasteiger partial charge in [-0.05, 0) is 12.8 Å². The number of rotatable bonds is 9. The zero-order valence-electron chi connectivity index (χ0n) is 11.0. The summed E-state index contributed by atoms with van der Waals surface area (Å²) in [6.45, 7) is 0. The molecule has 0 aromatic heterocycles. The van der Waals surface area contributed by atoms with E-state index in [0.29, 0.717) is 19.3 Å². The van der Waals surface area contributed by atoms with Gasteiger partial charge in [0.1, 0.15) is 17.8 Å². The molecule has 1 unspecified atom stereocenters. The second kappa shape index (κ2) is 8.96. The number of hydrogen-bond acceptors (Lipinski definition) is 5. The van der Waals surface area contributed by atoms with Crippen LogP contribution in [0, 0.1) is 0 Å². The summed E-state index contributed by atoms with van der Waals surface area (Å²) in [6.07, 6.45) is 7.16. The number of aldehydes is 1. The number of nitrogens with one attached hydrogen (secondary N) is 1. The maximum atomic E-state index is 11.6. The Kier molecular flexibility index (Phi) is 7.55. The van der Waals surface area contributed by atoms with E-state index in [4.69, 9.17) is 4.74 Å². The van der Waals surface area contributed by atoms with E-state index in [1.807, 2.05) is 0 Å². The average Bonchev–Trinajstić information content (AvgIpc) is 2.66. The average molecular weight is 287 g/mol. The topological polar surface area (TPSA) is 72.5 Å². The van der Waals surface area contributed by atoms with Gasteiger partial charge >= 0.3 is 5.97 Å². The number of carbonyl (C=O) groups excluding carboxylic acids is 3. The van der Waals surface area contributed by atoms with Crippen LogP contribution in [0.25, 0.3) is 0 Å². The van der Waals surface area contributed by atoms with Gasteiger partial charge in [-0.15, -0.1) is 12.6 Å². The van der Waals surface area contributed by atoms with Crippen molar-refractivity contribution in [1.82, 2.24) is 5.32 Å². The molecule has 1 amide bonds. The second-order valence-electron chi connectivity index (χ2n) is 4.72. The van der Waals surface area contributed by atoms with E-state index in [2.05, 4.69) is 17.9 Å². The molecule has 1 rings (SSSR count). The lowest BCUT2D eigenvalue weighted by atomic mass is 10.1. The summed E-state index contributed by atoms with van der Waals surface area (Å²) in [4.78, 5) is 33.0. The Morgan fingerprint density at radius 3 is 2.63 bits per heavy atom. The third-order valence-electron chi connectivity index (χ3n) is 3.04. The first-order valence-corrected chi connectivity index (χ1v) is 7.26. The Morgan fingerprint density at radius 2 is 2.00 bits per heavy atom. The molecule has 6 heteroatoms. The Bertz CT molecular complexity index is 322. The molecule has 1 N–H and O–H groups in total. The van der Waals surface area contributed by atoms with Crippen molar-refractivity contribution in [2.24, 2.45) is 0 Å². The fourth-order valence-electron chi connectivity index (χ4n) is 1.99. The lowest BCUT2D eigenvalue weighted by molar-refractivity contribution is -0.142. The van der Waals surface area contributed by atoms with Gasteiger partial charge in [0.2, 0.25) is 5.91 Å². The fraction of sp³-hybridized carbons (Fsp3) is 0.769. The minimum absolute atomic E-state index is 0.114. The molecule has 0 radical (unpaired) electrons. The highest BCUT2D eigenvalue weighted by atomic mass is 32.1. The van der Waals surface area contributed by atoms with Crippen LogP contribution >= 0.6 is 12.6 Å². The SMILES string of the molecule is O=CCCCCCCCC(=O)N[C@H]1CC(S)OC1=O. The van der Waals surface area contributed by atoms with Crippen molar-refractivity contribution in [2.45, 2.75) is 62.8 Å². The summed E-state index contributed by atoms with van der Waals surface area (Å²) in [6, 6.07) is -0.539. The molecule has 2 atom stereocenters. The Labute approximate surface area is 118 Å². The van der Waals surface area contributed by atoms with Crippen molar-refractivity contribution in [1.29, 1.82) is 0 Å². The van der Waals surface area contributed by atoms with Crippen LogP contribution in [-0.4, -0.2) is 29.6 Å². The van der Waals surface area contributed by atoms with Gasteiger partial charge < -0.3 is 14.8 Å². The predicted octanol–water partition coefficient (Wildman–Crippen LogP) is 1.60. The summed E-state index contributed by atoms with van der Waals surface area (Å²) in [5.74, 6) is -0.514. The van der Waals surface area contributed by atoms with Gasteiger partial charge in [0.25, 0.3) is 0 Å². The Balaban J connectivity index is 2.02. The van der Waals surface area contributed by atoms with Crippen LogP contribution in [0.4, 0.5) is 0 Å². The van der Waals surface area contributed by atoms with Crippen molar-refractivity contribution >= 4 is 30.8 Å². The molecule has 5 nitrogen and oxygen atoms in total. The number of ether oxygens (including phenoxy) is 1. The summed E-state index contributed by atoms with van der Waals surface area (Å²) >= 11 is 4.04. The molecule has 0 aromatic carbocycles. The largest absolute Gasteiger partial charge is 0.450 e. The lowest BCUT2D eigenvalue weighted by Gasteiger charge is -2.08. The van der Waals surface area contributed by atoms with Crippen LogP contribution in [0.1, 0.15) is 51.4 Å². The Hall–Kier alpha value is -1.04. The van der Waals surface area contributed by atoms with Crippen molar-refractivity contribution in [3.05, 3.63) is 0 Å². The number of cyclic esters (lactones) is 1. The first kappa shape index (κ1) is 16.0. The normalized spacial score (nSPS) is 22.1. The smallest absolute Gasteiger partial charge is 0.329 e. The second-order valence-corrected chi connectivity index (χ2v) is 5.30. The minimum atomic E-state index is -0.539. The number of hydrogen-bond donors (Lipinski definition) is 2. The standard InChI is InChI=1S/C13H21NO4S/c15-8-6-4-2-1-3-5-7-11(16)14-10-9-12(19)18-13(10)17/h8,10,12,19H,1-7,9H2,(H,14,16)/t10-,12?/m0/s1. The van der Waals surface area contributed by atoms with Crippen LogP contribution in [0.15, 0.2) is 0 Å². The number of esters is 1. The van der Waals surface area contributed by atoms with Crippen LogP contribution in [0.2, 0.25) is 0 Å². The Morgan fingerprint density at radius 1 is 1.32 bits per heavy atom. The van der Waals surface area contributed by atoms with E-state index in [9.17, 15) is 14.4 Å². The molecule has 1 aliphatic heterocycles. The highest BCUT2D eigenvalue weighted by molar-refractivity contribution is 7.80. The van der Waals surface area contributed by atoms with Crippen LogP contribution in [-0.2, 0) is 19.1 Å². The van der Waals surface area contributed by atoms with Crippen LogP contribution in [0.3, 0.4) is 0 Å². The highest BCUT2D eigenvalue weighted by Gasteiger charge is 2.33. The van der Waals surface area contributed by atoms with Gasteiger partial charge in [0.15, 0.2) is 0 Å². The molecule has 0 aliphatic carbocycles. The zero-order valence-corrected chi connectivity index (χ0v) is 11.9. The van der Waals surface area contributed by atoms with E-state index in [1.165, 1.54) is 0 Å². The van der Waals surface area contributed by atoms with Crippen molar-refractivity contribution in [2.75, 3.05) is 0 Å². The summed E-state index contributed by atoms with van der Waals surface area (Å²) in [5.41, 5.74) is -0.407. The van der Waals surface area contributed by atoms with Crippen LogP contribution in [0.5, 0.6) is 0 Å². The molecule has 0 aromatic rings.